The largest absolute Gasteiger partial charge is 0.465 e. The van der Waals surface area contributed by atoms with Crippen LogP contribution >= 0.6 is 0 Å². The minimum atomic E-state index is 0.0320. The Labute approximate surface area is 169 Å². The number of aromatic nitrogens is 3. The number of furan rings is 1. The van der Waals surface area contributed by atoms with Gasteiger partial charge in [0.25, 0.3) is 0 Å². The molecule has 7 heteroatoms. The van der Waals surface area contributed by atoms with Gasteiger partial charge in [0.2, 0.25) is 5.91 Å². The number of pyridine rings is 1. The average Bonchev–Trinajstić information content (AvgIpc) is 3.28. The molecule has 1 aliphatic rings. The van der Waals surface area contributed by atoms with Crippen molar-refractivity contribution in [1.82, 2.24) is 19.9 Å². The Kier molecular flexibility index (Phi) is 5.95. The molecule has 1 aliphatic heterocycles. The number of rotatable bonds is 6. The van der Waals surface area contributed by atoms with Gasteiger partial charge in [-0.2, -0.15) is 0 Å². The topological polar surface area (TPSA) is 84.2 Å². The molecule has 3 aromatic rings. The van der Waals surface area contributed by atoms with Crippen LogP contribution in [0.2, 0.25) is 0 Å². The van der Waals surface area contributed by atoms with Crippen LogP contribution in [0.25, 0.3) is 6.08 Å². The van der Waals surface area contributed by atoms with Crippen LogP contribution in [0.15, 0.2) is 65.7 Å². The number of piperidine rings is 1. The lowest BCUT2D eigenvalue weighted by Gasteiger charge is -2.31. The number of hydrogen-bond acceptors (Lipinski definition) is 6. The first-order valence-corrected chi connectivity index (χ1v) is 9.76. The lowest BCUT2D eigenvalue weighted by atomic mass is 9.92. The molecule has 0 aromatic carbocycles. The normalized spacial score (nSPS) is 15.0. The molecule has 7 nitrogen and oxygen atoms in total. The van der Waals surface area contributed by atoms with E-state index in [0.29, 0.717) is 17.5 Å². The number of anilines is 2. The van der Waals surface area contributed by atoms with E-state index < -0.39 is 0 Å². The number of nitrogens with one attached hydrogen (secondary N) is 1. The molecule has 0 spiro atoms. The summed E-state index contributed by atoms with van der Waals surface area (Å²) >= 11 is 0. The van der Waals surface area contributed by atoms with Gasteiger partial charge >= 0.3 is 0 Å². The van der Waals surface area contributed by atoms with E-state index in [2.05, 4.69) is 20.3 Å². The minimum Gasteiger partial charge on any atom is -0.465 e. The van der Waals surface area contributed by atoms with Crippen LogP contribution in [-0.4, -0.2) is 38.8 Å². The van der Waals surface area contributed by atoms with Crippen LogP contribution < -0.4 is 5.32 Å². The Morgan fingerprint density at radius 1 is 1.10 bits per heavy atom. The van der Waals surface area contributed by atoms with E-state index >= 15 is 0 Å². The SMILES string of the molecule is O=C(C=Cc1ccco1)N1CCC(Cc2cnc(Nc3ccccn3)cn2)CC1. The van der Waals surface area contributed by atoms with Crippen molar-refractivity contribution in [3.63, 3.8) is 0 Å². The molecule has 29 heavy (non-hydrogen) atoms. The lowest BCUT2D eigenvalue weighted by Crippen LogP contribution is -2.38. The maximum Gasteiger partial charge on any atom is 0.246 e. The zero-order valence-electron chi connectivity index (χ0n) is 16.1. The van der Waals surface area contributed by atoms with Gasteiger partial charge in [-0.25, -0.2) is 9.97 Å². The molecule has 0 saturated carbocycles. The highest BCUT2D eigenvalue weighted by molar-refractivity contribution is 5.91. The van der Waals surface area contributed by atoms with Crippen molar-refractivity contribution in [2.45, 2.75) is 19.3 Å². The highest BCUT2D eigenvalue weighted by atomic mass is 16.3. The molecule has 0 radical (unpaired) electrons. The third-order valence-corrected chi connectivity index (χ3v) is 4.98. The Bertz CT molecular complexity index is 931. The fourth-order valence-corrected chi connectivity index (χ4v) is 3.39. The standard InChI is InChI=1S/C22H23N5O2/c28-22(7-6-19-4-3-13-29-19)27-11-8-17(9-12-27)14-18-15-25-21(16-24-18)26-20-5-1-2-10-23-20/h1-7,10,13,15-17H,8-9,11-12,14H2,(H,23,25,26). The Morgan fingerprint density at radius 3 is 2.69 bits per heavy atom. The second-order valence-electron chi connectivity index (χ2n) is 7.05. The third kappa shape index (κ3) is 5.28. The van der Waals surface area contributed by atoms with Crippen molar-refractivity contribution in [1.29, 1.82) is 0 Å². The van der Waals surface area contributed by atoms with Crippen molar-refractivity contribution in [3.05, 3.63) is 72.7 Å². The van der Waals surface area contributed by atoms with E-state index in [0.717, 1.165) is 43.9 Å². The number of amides is 1. The number of likely N-dealkylation sites (tertiary alicyclic amines) is 1. The maximum atomic E-state index is 12.3. The zero-order chi connectivity index (χ0) is 19.9. The van der Waals surface area contributed by atoms with E-state index in [1.165, 1.54) is 0 Å². The smallest absolute Gasteiger partial charge is 0.246 e. The number of carbonyl (C=O) groups excluding carboxylic acids is 1. The van der Waals surface area contributed by atoms with Crippen molar-refractivity contribution < 1.29 is 9.21 Å². The summed E-state index contributed by atoms with van der Waals surface area (Å²) in [6.45, 7) is 1.53. The first-order valence-electron chi connectivity index (χ1n) is 9.76. The quantitative estimate of drug-likeness (QED) is 0.647. The van der Waals surface area contributed by atoms with Gasteiger partial charge in [0, 0.05) is 25.4 Å². The third-order valence-electron chi connectivity index (χ3n) is 4.98. The molecule has 1 saturated heterocycles. The van der Waals surface area contributed by atoms with Gasteiger partial charge in [-0.05, 0) is 55.5 Å². The summed E-state index contributed by atoms with van der Waals surface area (Å²) in [7, 11) is 0. The Morgan fingerprint density at radius 2 is 2.00 bits per heavy atom. The predicted octanol–water partition coefficient (Wildman–Crippen LogP) is 3.70. The summed E-state index contributed by atoms with van der Waals surface area (Å²) in [4.78, 5) is 27.4. The second kappa shape index (κ2) is 9.14. The van der Waals surface area contributed by atoms with E-state index in [9.17, 15) is 4.79 Å². The van der Waals surface area contributed by atoms with Crippen molar-refractivity contribution in [2.75, 3.05) is 18.4 Å². The summed E-state index contributed by atoms with van der Waals surface area (Å²) in [6, 6.07) is 9.30. The molecular formula is C22H23N5O2. The summed E-state index contributed by atoms with van der Waals surface area (Å²) in [5, 5.41) is 3.13. The van der Waals surface area contributed by atoms with Gasteiger partial charge < -0.3 is 14.6 Å². The van der Waals surface area contributed by atoms with Crippen molar-refractivity contribution in [3.8, 4) is 0 Å². The fraction of sp³-hybridized carbons (Fsp3) is 0.273. The summed E-state index contributed by atoms with van der Waals surface area (Å²) < 4.78 is 5.22. The first kappa shape index (κ1) is 18.9. The Balaban J connectivity index is 1.24. The average molecular weight is 389 g/mol. The van der Waals surface area contributed by atoms with Gasteiger partial charge in [0.05, 0.1) is 24.4 Å². The predicted molar refractivity (Wildman–Crippen MR) is 110 cm³/mol. The van der Waals surface area contributed by atoms with Crippen LogP contribution in [0.1, 0.15) is 24.3 Å². The lowest BCUT2D eigenvalue weighted by molar-refractivity contribution is -0.127. The number of carbonyl (C=O) groups is 1. The van der Waals surface area contributed by atoms with E-state index in [-0.39, 0.29) is 5.91 Å². The molecular weight excluding hydrogens is 366 g/mol. The van der Waals surface area contributed by atoms with E-state index in [1.54, 1.807) is 36.9 Å². The second-order valence-corrected chi connectivity index (χ2v) is 7.05. The summed E-state index contributed by atoms with van der Waals surface area (Å²) in [5.74, 6) is 2.65. The Hall–Kier alpha value is -3.48. The maximum absolute atomic E-state index is 12.3. The van der Waals surface area contributed by atoms with Gasteiger partial charge in [0.15, 0.2) is 0 Å². The number of nitrogens with zero attached hydrogens (tertiary/aromatic N) is 4. The zero-order valence-corrected chi connectivity index (χ0v) is 16.1. The summed E-state index contributed by atoms with van der Waals surface area (Å²) in [5.41, 5.74) is 0.971. The van der Waals surface area contributed by atoms with Crippen molar-refractivity contribution in [2.24, 2.45) is 5.92 Å². The van der Waals surface area contributed by atoms with Crippen LogP contribution in [0.3, 0.4) is 0 Å². The van der Waals surface area contributed by atoms with Crippen LogP contribution in [0, 0.1) is 5.92 Å². The molecule has 0 unspecified atom stereocenters. The molecule has 0 atom stereocenters. The van der Waals surface area contributed by atoms with Gasteiger partial charge in [-0.3, -0.25) is 9.78 Å². The van der Waals surface area contributed by atoms with E-state index in [4.69, 9.17) is 4.42 Å². The molecule has 1 amide bonds. The molecule has 1 fully saturated rings. The molecule has 0 aliphatic carbocycles. The first-order chi connectivity index (χ1) is 14.3. The molecule has 3 aromatic heterocycles. The highest BCUT2D eigenvalue weighted by Crippen LogP contribution is 2.21. The molecule has 4 heterocycles. The van der Waals surface area contributed by atoms with Crippen LogP contribution in [0.4, 0.5) is 11.6 Å². The fourth-order valence-electron chi connectivity index (χ4n) is 3.39. The molecule has 148 valence electrons. The van der Waals surface area contributed by atoms with E-state index in [1.807, 2.05) is 35.4 Å². The van der Waals surface area contributed by atoms with Crippen LogP contribution in [-0.2, 0) is 11.2 Å². The van der Waals surface area contributed by atoms with Crippen LogP contribution in [0.5, 0.6) is 0 Å². The highest BCUT2D eigenvalue weighted by Gasteiger charge is 2.22. The van der Waals surface area contributed by atoms with Gasteiger partial charge in [-0.15, -0.1) is 0 Å². The molecule has 1 N–H and O–H groups in total. The van der Waals surface area contributed by atoms with Gasteiger partial charge in [0.1, 0.15) is 17.4 Å². The summed E-state index contributed by atoms with van der Waals surface area (Å²) in [6.07, 6.45) is 13.0. The van der Waals surface area contributed by atoms with Gasteiger partial charge in [-0.1, -0.05) is 6.07 Å². The molecule has 0 bridgehead atoms. The van der Waals surface area contributed by atoms with Crippen molar-refractivity contribution >= 4 is 23.6 Å². The monoisotopic (exact) mass is 389 g/mol. The molecule has 4 rings (SSSR count). The minimum absolute atomic E-state index is 0.0320. The number of hydrogen-bond donors (Lipinski definition) is 1.